The summed E-state index contributed by atoms with van der Waals surface area (Å²) in [6, 6.07) is -0.541. The molecule has 6 nitrogen and oxygen atoms in total. The fraction of sp³-hybridized carbons (Fsp3) is 0.884. The lowest BCUT2D eigenvalue weighted by atomic mass is 10.0. The summed E-state index contributed by atoms with van der Waals surface area (Å²) in [4.78, 5) is 24.7. The molecular formula is C86H163NO5. The zero-order valence-electron chi connectivity index (χ0n) is 62.3. The predicted octanol–water partition coefficient (Wildman–Crippen LogP) is 27.9. The third-order valence-electron chi connectivity index (χ3n) is 19.6. The number of nitrogens with one attached hydrogen (secondary N) is 1. The van der Waals surface area contributed by atoms with Gasteiger partial charge in [0.15, 0.2) is 0 Å². The van der Waals surface area contributed by atoms with Crippen LogP contribution in [0.2, 0.25) is 0 Å². The molecule has 0 saturated heterocycles. The summed E-state index contributed by atoms with van der Waals surface area (Å²) < 4.78 is 5.51. The number of aliphatic hydroxyl groups is 2. The Morgan fingerprint density at radius 2 is 0.543 bits per heavy atom. The molecule has 0 radical (unpaired) electrons. The first-order chi connectivity index (χ1) is 45.5. The molecule has 0 aromatic carbocycles. The van der Waals surface area contributed by atoms with Crippen molar-refractivity contribution in [3.05, 3.63) is 48.6 Å². The Hall–Kier alpha value is -2.18. The minimum Gasteiger partial charge on any atom is -0.466 e. The first-order valence-corrected chi connectivity index (χ1v) is 41.9. The van der Waals surface area contributed by atoms with Gasteiger partial charge in [-0.2, -0.15) is 0 Å². The number of hydrogen-bond donors (Lipinski definition) is 3. The van der Waals surface area contributed by atoms with Crippen LogP contribution in [0, 0.1) is 0 Å². The number of ether oxygens (including phenoxy) is 1. The Labute approximate surface area is 576 Å². The topological polar surface area (TPSA) is 95.9 Å². The Balaban J connectivity index is 3.37. The van der Waals surface area contributed by atoms with Crippen LogP contribution < -0.4 is 5.32 Å². The van der Waals surface area contributed by atoms with E-state index in [-0.39, 0.29) is 18.5 Å². The Morgan fingerprint density at radius 3 is 0.848 bits per heavy atom. The molecule has 0 aliphatic heterocycles. The molecule has 0 aromatic rings. The maximum Gasteiger partial charge on any atom is 0.305 e. The number of allylic oxidation sites excluding steroid dienone is 8. The summed E-state index contributed by atoms with van der Waals surface area (Å²) in [5.41, 5.74) is 0. The van der Waals surface area contributed by atoms with Gasteiger partial charge in [-0.25, -0.2) is 0 Å². The zero-order chi connectivity index (χ0) is 66.3. The van der Waals surface area contributed by atoms with Crippen molar-refractivity contribution in [3.8, 4) is 0 Å². The highest BCUT2D eigenvalue weighted by Gasteiger charge is 2.20. The van der Waals surface area contributed by atoms with Gasteiger partial charge in [-0.1, -0.05) is 409 Å². The molecule has 2 atom stereocenters. The Bertz CT molecular complexity index is 1540. The lowest BCUT2D eigenvalue weighted by Crippen LogP contribution is -2.45. The standard InChI is InChI=1S/C86H163NO5/c1-3-5-7-9-11-13-15-17-19-21-23-39-43-46-50-54-58-62-66-70-74-78-84(89)83(82-88)87-85(90)79-75-71-67-63-59-55-51-47-44-40-37-35-33-31-29-27-25-24-26-28-30-32-34-36-38-41-45-49-53-57-61-65-69-73-77-81-92-86(91)80-76-72-68-64-60-56-52-48-42-22-20-18-16-14-12-10-8-6-4-2/h12,14,18,20,26,28,32,34,83-84,88-89H,3-11,13,15-17,19,21-25,27,29-31,33,35-82H2,1-2H3,(H,87,90)/b14-12-,20-18-,28-26-,34-32-. The molecule has 0 rings (SSSR count). The van der Waals surface area contributed by atoms with E-state index in [1.807, 2.05) is 0 Å². The van der Waals surface area contributed by atoms with E-state index in [1.54, 1.807) is 0 Å². The molecule has 0 aliphatic rings. The monoisotopic (exact) mass is 1290 g/mol. The number of aliphatic hydroxyl groups excluding tert-OH is 2. The van der Waals surface area contributed by atoms with E-state index in [0.29, 0.717) is 25.9 Å². The number of esters is 1. The quantitative estimate of drug-likeness (QED) is 0.0320. The van der Waals surface area contributed by atoms with Gasteiger partial charge in [-0.05, 0) is 89.9 Å². The van der Waals surface area contributed by atoms with Crippen molar-refractivity contribution in [1.29, 1.82) is 0 Å². The van der Waals surface area contributed by atoms with E-state index in [4.69, 9.17) is 4.74 Å². The average molecular weight is 1290 g/mol. The molecule has 3 N–H and O–H groups in total. The number of rotatable bonds is 79. The molecule has 0 heterocycles. The van der Waals surface area contributed by atoms with Gasteiger partial charge >= 0.3 is 5.97 Å². The van der Waals surface area contributed by atoms with Gasteiger partial charge in [0.2, 0.25) is 5.91 Å². The smallest absolute Gasteiger partial charge is 0.305 e. The predicted molar refractivity (Wildman–Crippen MR) is 407 cm³/mol. The molecule has 92 heavy (non-hydrogen) atoms. The molecule has 6 heteroatoms. The van der Waals surface area contributed by atoms with Crippen LogP contribution in [0.15, 0.2) is 48.6 Å². The third-order valence-corrected chi connectivity index (χ3v) is 19.6. The Kier molecular flexibility index (Phi) is 79.3. The van der Waals surface area contributed by atoms with Crippen LogP contribution in [0.25, 0.3) is 0 Å². The SMILES string of the molecule is CCCCC/C=C\C/C=C\CCCCCCCCCCCC(=O)OCCCCCCCCCCCCC/C=C\C/C=C\CCCCCCCCCCCCCCCCCCCC(=O)NC(CO)C(O)CCCCCCCCCCCCCCCCCCCCCCC. The zero-order valence-corrected chi connectivity index (χ0v) is 62.3. The van der Waals surface area contributed by atoms with Crippen molar-refractivity contribution in [2.24, 2.45) is 0 Å². The normalized spacial score (nSPS) is 12.7. The van der Waals surface area contributed by atoms with E-state index in [9.17, 15) is 19.8 Å². The summed E-state index contributed by atoms with van der Waals surface area (Å²) in [6.45, 7) is 4.97. The van der Waals surface area contributed by atoms with Crippen molar-refractivity contribution in [2.45, 2.75) is 475 Å². The van der Waals surface area contributed by atoms with Gasteiger partial charge < -0.3 is 20.3 Å². The van der Waals surface area contributed by atoms with Crippen LogP contribution in [0.4, 0.5) is 0 Å². The van der Waals surface area contributed by atoms with Crippen LogP contribution in [0.1, 0.15) is 463 Å². The minimum atomic E-state index is -0.664. The maximum absolute atomic E-state index is 12.6. The van der Waals surface area contributed by atoms with Crippen molar-refractivity contribution >= 4 is 11.9 Å². The summed E-state index contributed by atoms with van der Waals surface area (Å²) >= 11 is 0. The van der Waals surface area contributed by atoms with Crippen molar-refractivity contribution in [3.63, 3.8) is 0 Å². The fourth-order valence-electron chi connectivity index (χ4n) is 13.2. The van der Waals surface area contributed by atoms with Gasteiger partial charge in [0.1, 0.15) is 0 Å². The van der Waals surface area contributed by atoms with Crippen LogP contribution in [-0.4, -0.2) is 47.4 Å². The van der Waals surface area contributed by atoms with E-state index >= 15 is 0 Å². The maximum atomic E-state index is 12.6. The van der Waals surface area contributed by atoms with E-state index in [2.05, 4.69) is 67.8 Å². The summed E-state index contributed by atoms with van der Waals surface area (Å²) in [7, 11) is 0. The number of carbonyl (C=O) groups is 2. The third kappa shape index (κ3) is 76.8. The summed E-state index contributed by atoms with van der Waals surface area (Å²) in [5, 5.41) is 23.5. The highest BCUT2D eigenvalue weighted by atomic mass is 16.5. The van der Waals surface area contributed by atoms with Gasteiger partial charge in [0, 0.05) is 12.8 Å². The van der Waals surface area contributed by atoms with Gasteiger partial charge in [-0.3, -0.25) is 9.59 Å². The molecule has 2 unspecified atom stereocenters. The number of unbranched alkanes of at least 4 members (excludes halogenated alkanes) is 60. The first-order valence-electron chi connectivity index (χ1n) is 41.9. The molecule has 0 aliphatic carbocycles. The van der Waals surface area contributed by atoms with Gasteiger partial charge in [0.05, 0.1) is 25.4 Å². The van der Waals surface area contributed by atoms with E-state index in [1.165, 1.54) is 372 Å². The van der Waals surface area contributed by atoms with Crippen LogP contribution >= 0.6 is 0 Å². The van der Waals surface area contributed by atoms with E-state index < -0.39 is 12.1 Å². The summed E-state index contributed by atoms with van der Waals surface area (Å²) in [6.07, 6.45) is 108. The van der Waals surface area contributed by atoms with Crippen molar-refractivity contribution in [2.75, 3.05) is 13.2 Å². The average Bonchev–Trinajstić information content (AvgIpc) is 3.75. The number of hydrogen-bond acceptors (Lipinski definition) is 5. The second kappa shape index (κ2) is 81.2. The molecule has 0 saturated carbocycles. The lowest BCUT2D eigenvalue weighted by molar-refractivity contribution is -0.143. The number of amides is 1. The van der Waals surface area contributed by atoms with Crippen molar-refractivity contribution < 1.29 is 24.5 Å². The fourth-order valence-corrected chi connectivity index (χ4v) is 13.2. The Morgan fingerprint density at radius 1 is 0.304 bits per heavy atom. The molecule has 0 spiro atoms. The molecule has 0 fully saturated rings. The highest BCUT2D eigenvalue weighted by molar-refractivity contribution is 5.76. The summed E-state index contributed by atoms with van der Waals surface area (Å²) in [5.74, 6) is -0.0140. The van der Waals surface area contributed by atoms with Crippen LogP contribution in [0.5, 0.6) is 0 Å². The second-order valence-corrected chi connectivity index (χ2v) is 28.8. The molecular weight excluding hydrogens is 1130 g/mol. The largest absolute Gasteiger partial charge is 0.466 e. The highest BCUT2D eigenvalue weighted by Crippen LogP contribution is 2.20. The van der Waals surface area contributed by atoms with Crippen molar-refractivity contribution in [1.82, 2.24) is 5.32 Å². The molecule has 542 valence electrons. The minimum absolute atomic E-state index is 0.0137. The van der Waals surface area contributed by atoms with Gasteiger partial charge in [-0.15, -0.1) is 0 Å². The van der Waals surface area contributed by atoms with E-state index in [0.717, 1.165) is 57.8 Å². The van der Waals surface area contributed by atoms with Crippen LogP contribution in [0.3, 0.4) is 0 Å². The lowest BCUT2D eigenvalue weighted by Gasteiger charge is -2.22. The first kappa shape index (κ1) is 89.8. The van der Waals surface area contributed by atoms with Gasteiger partial charge in [0.25, 0.3) is 0 Å². The molecule has 1 amide bonds. The second-order valence-electron chi connectivity index (χ2n) is 28.8. The molecule has 0 aromatic heterocycles. The molecule has 0 bridgehead atoms. The van der Waals surface area contributed by atoms with Crippen LogP contribution in [-0.2, 0) is 14.3 Å². The number of carbonyl (C=O) groups excluding carboxylic acids is 2.